The molecule has 76 heavy (non-hydrogen) atoms. The molecule has 0 bridgehead atoms. The first-order chi connectivity index (χ1) is 36.7. The van der Waals surface area contributed by atoms with E-state index in [0.29, 0.717) is 0 Å². The second-order valence-electron chi connectivity index (χ2n) is 20.8. The summed E-state index contributed by atoms with van der Waals surface area (Å²) in [6, 6.07) is 65.3. The molecular formula is C72H57IrN3+3. The van der Waals surface area contributed by atoms with Gasteiger partial charge in [-0.25, -0.2) is 0 Å². The van der Waals surface area contributed by atoms with Gasteiger partial charge in [0.25, 0.3) is 0 Å². The normalized spacial score (nSPS) is 12.1. The van der Waals surface area contributed by atoms with Crippen molar-refractivity contribution in [2.45, 2.75) is 60.8 Å². The number of aryl methyl sites for hydroxylation is 3. The Balaban J connectivity index is 0.000000114. The third-order valence-corrected chi connectivity index (χ3v) is 16.6. The van der Waals surface area contributed by atoms with Crippen molar-refractivity contribution in [2.24, 2.45) is 0 Å². The number of pyridine rings is 3. The molecular weight excluding hydrogens is 1100 g/mol. The first-order valence-corrected chi connectivity index (χ1v) is 26.4. The largest absolute Gasteiger partial charge is 3.00 e. The number of rotatable bonds is 3. The fraction of sp³-hybridized carbons (Fsp3) is 0.125. The van der Waals surface area contributed by atoms with Crippen molar-refractivity contribution in [3.8, 4) is 67.2 Å². The smallest absolute Gasteiger partial charge is 0.256 e. The summed E-state index contributed by atoms with van der Waals surface area (Å²) in [6.07, 6.45) is 8.79. The van der Waals surface area contributed by atoms with Crippen LogP contribution >= 0.6 is 0 Å². The maximum Gasteiger partial charge on any atom is 3.00 e. The second-order valence-corrected chi connectivity index (χ2v) is 20.8. The molecule has 0 radical (unpaired) electrons. The Morgan fingerprint density at radius 2 is 0.553 bits per heavy atom. The van der Waals surface area contributed by atoms with Gasteiger partial charge in [0.05, 0.1) is 17.1 Å². The number of nitrogens with zero attached hydrogens (tertiary/aromatic N) is 3. The van der Waals surface area contributed by atoms with Gasteiger partial charge < -0.3 is 0 Å². The molecule has 0 N–H and O–H groups in total. The standard InChI is InChI=1S/3C24H19N.Ir/c3*1-15-13-21-19-9-5-4-8-18(19)14-22(21)23(16(15)2)24-20-10-6-3-7-17(20)11-12-25-24;/h3*3-13H,14H2,1-2H3;/q;;;+3. The Kier molecular flexibility index (Phi) is 12.7. The van der Waals surface area contributed by atoms with Crippen LogP contribution < -0.4 is 0 Å². The topological polar surface area (TPSA) is 38.7 Å². The van der Waals surface area contributed by atoms with Gasteiger partial charge in [0, 0.05) is 51.4 Å². The van der Waals surface area contributed by atoms with Gasteiger partial charge in [0.2, 0.25) is 0 Å². The predicted octanol–water partition coefficient (Wildman–Crippen LogP) is 18.3. The quantitative estimate of drug-likeness (QED) is 0.177. The van der Waals surface area contributed by atoms with Crippen LogP contribution in [0.2, 0.25) is 0 Å². The molecule has 0 fully saturated rings. The van der Waals surface area contributed by atoms with E-state index in [0.717, 1.165) is 36.3 Å². The molecule has 0 saturated carbocycles. The molecule has 3 aliphatic carbocycles. The maximum atomic E-state index is 4.82. The molecule has 3 aromatic heterocycles. The third-order valence-electron chi connectivity index (χ3n) is 16.6. The summed E-state index contributed by atoms with van der Waals surface area (Å²) in [4.78, 5) is 14.5. The van der Waals surface area contributed by atoms with Crippen LogP contribution in [-0.4, -0.2) is 15.0 Å². The van der Waals surface area contributed by atoms with Crippen molar-refractivity contribution in [1.29, 1.82) is 0 Å². The van der Waals surface area contributed by atoms with E-state index in [1.165, 1.54) is 149 Å². The van der Waals surface area contributed by atoms with Gasteiger partial charge in [-0.05, 0) is 195 Å². The zero-order chi connectivity index (χ0) is 50.9. The van der Waals surface area contributed by atoms with Crippen LogP contribution in [-0.2, 0) is 39.4 Å². The summed E-state index contributed by atoms with van der Waals surface area (Å²) in [5, 5.41) is 7.44. The van der Waals surface area contributed by atoms with Crippen LogP contribution in [0.25, 0.3) is 99.5 Å². The summed E-state index contributed by atoms with van der Waals surface area (Å²) in [5.41, 5.74) is 32.1. The molecule has 366 valence electrons. The van der Waals surface area contributed by atoms with Gasteiger partial charge in [-0.3, -0.25) is 15.0 Å². The maximum absolute atomic E-state index is 4.82. The fourth-order valence-corrected chi connectivity index (χ4v) is 12.5. The monoisotopic (exact) mass is 1160 g/mol. The molecule has 12 aromatic rings. The van der Waals surface area contributed by atoms with Crippen LogP contribution in [0.1, 0.15) is 66.8 Å². The first-order valence-electron chi connectivity index (χ1n) is 26.4. The molecule has 0 amide bonds. The first kappa shape index (κ1) is 48.8. The minimum Gasteiger partial charge on any atom is -0.256 e. The molecule has 15 rings (SSSR count). The van der Waals surface area contributed by atoms with E-state index in [-0.39, 0.29) is 20.1 Å². The molecule has 3 heterocycles. The Hall–Kier alpha value is -8.14. The molecule has 3 nitrogen and oxygen atoms in total. The Labute approximate surface area is 459 Å². The second kappa shape index (κ2) is 19.9. The summed E-state index contributed by atoms with van der Waals surface area (Å²) in [7, 11) is 0. The van der Waals surface area contributed by atoms with E-state index in [1.807, 2.05) is 18.6 Å². The minimum absolute atomic E-state index is 0. The van der Waals surface area contributed by atoms with Gasteiger partial charge in [-0.1, -0.05) is 164 Å². The average molecular weight is 1160 g/mol. The van der Waals surface area contributed by atoms with Gasteiger partial charge in [0.15, 0.2) is 0 Å². The van der Waals surface area contributed by atoms with Gasteiger partial charge in [-0.2, -0.15) is 0 Å². The molecule has 0 saturated heterocycles. The van der Waals surface area contributed by atoms with Crippen LogP contribution in [0.3, 0.4) is 0 Å². The summed E-state index contributed by atoms with van der Waals surface area (Å²) in [5.74, 6) is 0. The molecule has 0 spiro atoms. The van der Waals surface area contributed by atoms with Crippen molar-refractivity contribution in [2.75, 3.05) is 0 Å². The van der Waals surface area contributed by atoms with Crippen LogP contribution in [0, 0.1) is 41.5 Å². The number of hydrogen-bond acceptors (Lipinski definition) is 3. The van der Waals surface area contributed by atoms with Crippen molar-refractivity contribution < 1.29 is 20.1 Å². The van der Waals surface area contributed by atoms with E-state index in [9.17, 15) is 0 Å². The molecule has 9 aromatic carbocycles. The molecule has 0 atom stereocenters. The number of fused-ring (bicyclic) bond motifs is 12. The zero-order valence-corrected chi connectivity index (χ0v) is 46.2. The van der Waals surface area contributed by atoms with Crippen LogP contribution in [0.15, 0.2) is 201 Å². The third kappa shape index (κ3) is 8.20. The van der Waals surface area contributed by atoms with Crippen molar-refractivity contribution in [3.05, 3.63) is 267 Å². The minimum atomic E-state index is 0. The van der Waals surface area contributed by atoms with Crippen molar-refractivity contribution in [1.82, 2.24) is 15.0 Å². The summed E-state index contributed by atoms with van der Waals surface area (Å²) < 4.78 is 0. The van der Waals surface area contributed by atoms with E-state index in [4.69, 9.17) is 15.0 Å². The van der Waals surface area contributed by atoms with E-state index in [2.05, 4.69) is 224 Å². The summed E-state index contributed by atoms with van der Waals surface area (Å²) in [6.45, 7) is 13.3. The molecule has 0 unspecified atom stereocenters. The van der Waals surface area contributed by atoms with Crippen molar-refractivity contribution >= 4 is 32.3 Å². The average Bonchev–Trinajstić information content (AvgIpc) is 4.20. The molecule has 3 aliphatic rings. The number of hydrogen-bond donors (Lipinski definition) is 0. The number of benzene rings is 9. The van der Waals surface area contributed by atoms with Gasteiger partial charge in [-0.15, -0.1) is 0 Å². The van der Waals surface area contributed by atoms with Gasteiger partial charge in [0.1, 0.15) is 0 Å². The van der Waals surface area contributed by atoms with Gasteiger partial charge >= 0.3 is 20.1 Å². The number of aromatic nitrogens is 3. The Morgan fingerprint density at radius 1 is 0.289 bits per heavy atom. The van der Waals surface area contributed by atoms with Crippen molar-refractivity contribution in [3.63, 3.8) is 0 Å². The summed E-state index contributed by atoms with van der Waals surface area (Å²) >= 11 is 0. The Morgan fingerprint density at radius 3 is 0.855 bits per heavy atom. The molecule has 0 aliphatic heterocycles. The Bertz CT molecular complexity index is 3840. The van der Waals surface area contributed by atoms with Crippen LogP contribution in [0.5, 0.6) is 0 Å². The molecule has 4 heteroatoms. The SMILES string of the molecule is Cc1cc2c(c(-c3nccc4ccccc34)c1C)Cc1ccccc1-2.Cc1cc2c(c(-c3nccc4ccccc34)c1C)Cc1ccccc1-2.Cc1cc2c(c(-c3nccc4ccccc34)c1C)Cc1ccccc1-2.[Ir+3]. The zero-order valence-electron chi connectivity index (χ0n) is 43.8. The van der Waals surface area contributed by atoms with Crippen LogP contribution in [0.4, 0.5) is 0 Å². The van der Waals surface area contributed by atoms with E-state index in [1.54, 1.807) is 0 Å². The fourth-order valence-electron chi connectivity index (χ4n) is 12.5. The van der Waals surface area contributed by atoms with E-state index >= 15 is 0 Å². The predicted molar refractivity (Wildman–Crippen MR) is 315 cm³/mol. The van der Waals surface area contributed by atoms with E-state index < -0.39 is 0 Å².